The monoisotopic (exact) mass is 312 g/mol. The molecule has 122 valence electrons. The Balaban J connectivity index is 1.65. The Labute approximate surface area is 137 Å². The number of hydrogen-bond acceptors (Lipinski definition) is 3. The molecule has 0 spiro atoms. The average Bonchev–Trinajstić information content (AvgIpc) is 3.14. The fourth-order valence-corrected chi connectivity index (χ4v) is 3.21. The quantitative estimate of drug-likeness (QED) is 0.922. The van der Waals surface area contributed by atoms with Crippen molar-refractivity contribution in [2.75, 3.05) is 26.2 Å². The molecule has 2 aromatic rings. The lowest BCUT2D eigenvalue weighted by Gasteiger charge is -2.31. The van der Waals surface area contributed by atoms with Crippen molar-refractivity contribution in [2.24, 2.45) is 5.92 Å². The number of aromatic nitrogens is 2. The van der Waals surface area contributed by atoms with Gasteiger partial charge < -0.3 is 10.2 Å². The van der Waals surface area contributed by atoms with Crippen molar-refractivity contribution in [2.45, 2.75) is 19.8 Å². The predicted molar refractivity (Wildman–Crippen MR) is 90.7 cm³/mol. The van der Waals surface area contributed by atoms with E-state index in [9.17, 15) is 4.79 Å². The van der Waals surface area contributed by atoms with Gasteiger partial charge >= 0.3 is 0 Å². The van der Waals surface area contributed by atoms with Crippen molar-refractivity contribution in [3.8, 4) is 5.69 Å². The highest BCUT2D eigenvalue weighted by atomic mass is 16.1. The summed E-state index contributed by atoms with van der Waals surface area (Å²) in [6.45, 7) is 6.29. The molecule has 1 aliphatic rings. The van der Waals surface area contributed by atoms with Crippen LogP contribution in [0.3, 0.4) is 0 Å². The zero-order valence-corrected chi connectivity index (χ0v) is 13.6. The van der Waals surface area contributed by atoms with Crippen LogP contribution in [0.2, 0.25) is 0 Å². The largest absolute Gasteiger partial charge is 0.352 e. The second kappa shape index (κ2) is 7.42. The molecule has 0 bridgehead atoms. The third-order valence-electron chi connectivity index (χ3n) is 4.50. The van der Waals surface area contributed by atoms with Crippen LogP contribution in [0.5, 0.6) is 0 Å². The normalized spacial score (nSPS) is 18.7. The van der Waals surface area contributed by atoms with Crippen molar-refractivity contribution < 1.29 is 4.79 Å². The van der Waals surface area contributed by atoms with Gasteiger partial charge in [0.1, 0.15) is 0 Å². The standard InChI is InChI=1S/C18H24N4O/c1-2-21-11-5-7-15(14-21)13-19-18(23)16-8-3-4-9-17(16)22-12-6-10-20-22/h3-4,6,8-10,12,15H,2,5,7,11,13-14H2,1H3,(H,19,23)/t15-/m1/s1. The van der Waals surface area contributed by atoms with Gasteiger partial charge in [0.05, 0.1) is 11.3 Å². The Kier molecular flexibility index (Phi) is 5.08. The number of nitrogens with one attached hydrogen (secondary N) is 1. The molecule has 1 aromatic carbocycles. The molecule has 0 aliphatic carbocycles. The molecule has 1 N–H and O–H groups in total. The lowest BCUT2D eigenvalue weighted by atomic mass is 9.98. The fraction of sp³-hybridized carbons (Fsp3) is 0.444. The summed E-state index contributed by atoms with van der Waals surface area (Å²) < 4.78 is 1.73. The van der Waals surface area contributed by atoms with Crippen molar-refractivity contribution in [1.82, 2.24) is 20.0 Å². The molecule has 5 heteroatoms. The summed E-state index contributed by atoms with van der Waals surface area (Å²) in [6.07, 6.45) is 5.98. The fourth-order valence-electron chi connectivity index (χ4n) is 3.21. The molecule has 1 fully saturated rings. The maximum Gasteiger partial charge on any atom is 0.253 e. The summed E-state index contributed by atoms with van der Waals surface area (Å²) in [5.41, 5.74) is 1.48. The van der Waals surface area contributed by atoms with E-state index in [2.05, 4.69) is 22.2 Å². The van der Waals surface area contributed by atoms with Gasteiger partial charge in [-0.1, -0.05) is 19.1 Å². The minimum Gasteiger partial charge on any atom is -0.352 e. The first-order valence-electron chi connectivity index (χ1n) is 8.37. The van der Waals surface area contributed by atoms with E-state index < -0.39 is 0 Å². The highest BCUT2D eigenvalue weighted by molar-refractivity contribution is 5.97. The van der Waals surface area contributed by atoms with E-state index in [1.54, 1.807) is 10.9 Å². The Morgan fingerprint density at radius 1 is 1.35 bits per heavy atom. The van der Waals surface area contributed by atoms with Gasteiger partial charge in [-0.25, -0.2) is 4.68 Å². The second-order valence-electron chi connectivity index (χ2n) is 6.08. The predicted octanol–water partition coefficient (Wildman–Crippen LogP) is 2.33. The minimum atomic E-state index is -0.0234. The van der Waals surface area contributed by atoms with Gasteiger partial charge in [0.2, 0.25) is 0 Å². The van der Waals surface area contributed by atoms with Gasteiger partial charge in [-0.05, 0) is 50.0 Å². The minimum absolute atomic E-state index is 0.0234. The summed E-state index contributed by atoms with van der Waals surface area (Å²) in [5, 5.41) is 7.34. The maximum atomic E-state index is 12.6. The van der Waals surface area contributed by atoms with Crippen LogP contribution in [0, 0.1) is 5.92 Å². The van der Waals surface area contributed by atoms with E-state index in [0.29, 0.717) is 11.5 Å². The van der Waals surface area contributed by atoms with Crippen LogP contribution in [0.1, 0.15) is 30.1 Å². The summed E-state index contributed by atoms with van der Waals surface area (Å²) in [5.74, 6) is 0.522. The molecule has 1 aliphatic heterocycles. The van der Waals surface area contributed by atoms with Crippen LogP contribution in [0.4, 0.5) is 0 Å². The number of para-hydroxylation sites is 1. The van der Waals surface area contributed by atoms with Crippen molar-refractivity contribution >= 4 is 5.91 Å². The third kappa shape index (κ3) is 3.79. The molecule has 0 saturated carbocycles. The number of hydrogen-bond donors (Lipinski definition) is 1. The molecule has 0 radical (unpaired) electrons. The number of piperidine rings is 1. The van der Waals surface area contributed by atoms with Crippen LogP contribution in [0.15, 0.2) is 42.7 Å². The van der Waals surface area contributed by atoms with Gasteiger partial charge in [0, 0.05) is 25.5 Å². The van der Waals surface area contributed by atoms with E-state index in [4.69, 9.17) is 0 Å². The van der Waals surface area contributed by atoms with Crippen LogP contribution >= 0.6 is 0 Å². The number of amides is 1. The molecule has 23 heavy (non-hydrogen) atoms. The third-order valence-corrected chi connectivity index (χ3v) is 4.50. The summed E-state index contributed by atoms with van der Waals surface area (Å²) in [4.78, 5) is 15.0. The van der Waals surface area contributed by atoms with E-state index in [1.165, 1.54) is 19.4 Å². The number of benzene rings is 1. The zero-order valence-electron chi connectivity index (χ0n) is 13.6. The summed E-state index contributed by atoms with van der Waals surface area (Å²) in [6, 6.07) is 9.44. The molecular weight excluding hydrogens is 288 g/mol. The average molecular weight is 312 g/mol. The van der Waals surface area contributed by atoms with Gasteiger partial charge in [0.25, 0.3) is 5.91 Å². The molecular formula is C18H24N4O. The lowest BCUT2D eigenvalue weighted by Crippen LogP contribution is -2.40. The zero-order chi connectivity index (χ0) is 16.1. The molecule has 1 aromatic heterocycles. The molecule has 1 amide bonds. The number of carbonyl (C=O) groups is 1. The molecule has 1 saturated heterocycles. The van der Waals surface area contributed by atoms with Crippen molar-refractivity contribution in [3.05, 3.63) is 48.3 Å². The number of likely N-dealkylation sites (tertiary alicyclic amines) is 1. The van der Waals surface area contributed by atoms with Crippen molar-refractivity contribution in [3.63, 3.8) is 0 Å². The number of rotatable bonds is 5. The summed E-state index contributed by atoms with van der Waals surface area (Å²) in [7, 11) is 0. The highest BCUT2D eigenvalue weighted by Crippen LogP contribution is 2.17. The smallest absolute Gasteiger partial charge is 0.253 e. The Bertz CT molecular complexity index is 638. The van der Waals surface area contributed by atoms with Gasteiger partial charge in [-0.3, -0.25) is 4.79 Å². The van der Waals surface area contributed by atoms with Crippen LogP contribution < -0.4 is 5.32 Å². The Morgan fingerprint density at radius 3 is 3.00 bits per heavy atom. The van der Waals surface area contributed by atoms with E-state index >= 15 is 0 Å². The van der Waals surface area contributed by atoms with Gasteiger partial charge in [-0.2, -0.15) is 5.10 Å². The second-order valence-corrected chi connectivity index (χ2v) is 6.08. The van der Waals surface area contributed by atoms with Gasteiger partial charge in [-0.15, -0.1) is 0 Å². The first-order valence-corrected chi connectivity index (χ1v) is 8.37. The van der Waals surface area contributed by atoms with E-state index in [0.717, 1.165) is 25.3 Å². The number of carbonyl (C=O) groups excluding carboxylic acids is 1. The number of nitrogens with zero attached hydrogens (tertiary/aromatic N) is 3. The molecule has 0 unspecified atom stereocenters. The summed E-state index contributed by atoms with van der Waals surface area (Å²) >= 11 is 0. The molecule has 1 atom stereocenters. The Morgan fingerprint density at radius 2 is 2.22 bits per heavy atom. The molecule has 2 heterocycles. The first kappa shape index (κ1) is 15.7. The lowest BCUT2D eigenvalue weighted by molar-refractivity contribution is 0.0933. The van der Waals surface area contributed by atoms with E-state index in [1.807, 2.05) is 36.5 Å². The van der Waals surface area contributed by atoms with Crippen LogP contribution in [-0.2, 0) is 0 Å². The first-order chi connectivity index (χ1) is 11.3. The topological polar surface area (TPSA) is 50.2 Å². The molecule has 3 rings (SSSR count). The van der Waals surface area contributed by atoms with Crippen LogP contribution in [-0.4, -0.2) is 46.8 Å². The maximum absolute atomic E-state index is 12.6. The van der Waals surface area contributed by atoms with Gasteiger partial charge in [0.15, 0.2) is 0 Å². The highest BCUT2D eigenvalue weighted by Gasteiger charge is 2.20. The SMILES string of the molecule is CCN1CCC[C@H](CNC(=O)c2ccccc2-n2cccn2)C1. The van der Waals surface area contributed by atoms with Crippen molar-refractivity contribution in [1.29, 1.82) is 0 Å². The van der Waals surface area contributed by atoms with E-state index in [-0.39, 0.29) is 5.91 Å². The Hall–Kier alpha value is -2.14. The van der Waals surface area contributed by atoms with Crippen LogP contribution in [0.25, 0.3) is 5.69 Å². The molecule has 5 nitrogen and oxygen atoms in total.